The Balaban J connectivity index is 1.64. The van der Waals surface area contributed by atoms with Gasteiger partial charge in [0.05, 0.1) is 0 Å². The van der Waals surface area contributed by atoms with Gasteiger partial charge in [0.2, 0.25) is 5.91 Å². The van der Waals surface area contributed by atoms with Crippen molar-refractivity contribution in [3.05, 3.63) is 48.2 Å². The Labute approximate surface area is 124 Å². The van der Waals surface area contributed by atoms with Crippen molar-refractivity contribution < 1.29 is 14.3 Å². The predicted molar refractivity (Wildman–Crippen MR) is 79.4 cm³/mol. The average Bonchev–Trinajstić information content (AvgIpc) is 2.97. The highest BCUT2D eigenvalue weighted by Crippen LogP contribution is 2.23. The van der Waals surface area contributed by atoms with Crippen LogP contribution in [-0.4, -0.2) is 28.7 Å². The van der Waals surface area contributed by atoms with Crippen molar-refractivity contribution in [3.63, 3.8) is 0 Å². The van der Waals surface area contributed by atoms with E-state index in [4.69, 9.17) is 4.42 Å². The molecule has 1 saturated heterocycles. The molecule has 1 aromatic heterocycles. The lowest BCUT2D eigenvalue weighted by molar-refractivity contribution is -0.146. The van der Waals surface area contributed by atoms with Crippen LogP contribution in [0.2, 0.25) is 0 Å². The molecule has 2 heterocycles. The lowest BCUT2D eigenvalue weighted by atomic mass is 10.1. The van der Waals surface area contributed by atoms with Crippen molar-refractivity contribution in [1.82, 2.24) is 4.90 Å². The number of piperidine rings is 1. The molecule has 1 amide bonds. The van der Waals surface area contributed by atoms with Gasteiger partial charge in [-0.1, -0.05) is 30.3 Å². The number of carbonyl (C=O) groups is 1. The Morgan fingerprint density at radius 2 is 2.00 bits per heavy atom. The lowest BCUT2D eigenvalue weighted by Crippen LogP contribution is -2.44. The number of aliphatic hydroxyl groups excluding tert-OH is 1. The number of rotatable bonds is 4. The fraction of sp³-hybridized carbons (Fsp3) is 0.353. The van der Waals surface area contributed by atoms with Crippen molar-refractivity contribution in [3.8, 4) is 11.3 Å². The zero-order valence-corrected chi connectivity index (χ0v) is 11.9. The third kappa shape index (κ3) is 3.16. The molecule has 1 aliphatic heterocycles. The van der Waals surface area contributed by atoms with Gasteiger partial charge in [0.25, 0.3) is 0 Å². The minimum atomic E-state index is -0.644. The maximum absolute atomic E-state index is 11.8. The second-order valence-corrected chi connectivity index (χ2v) is 5.34. The van der Waals surface area contributed by atoms with E-state index in [9.17, 15) is 9.90 Å². The van der Waals surface area contributed by atoms with E-state index in [1.54, 1.807) is 4.90 Å². The van der Waals surface area contributed by atoms with Gasteiger partial charge in [-0.25, -0.2) is 0 Å². The summed E-state index contributed by atoms with van der Waals surface area (Å²) in [6, 6.07) is 13.8. The average molecular weight is 285 g/mol. The number of hydrogen-bond donors (Lipinski definition) is 1. The van der Waals surface area contributed by atoms with Crippen LogP contribution in [0.4, 0.5) is 0 Å². The lowest BCUT2D eigenvalue weighted by Gasteiger charge is -2.31. The van der Waals surface area contributed by atoms with Crippen LogP contribution in [-0.2, 0) is 11.2 Å². The van der Waals surface area contributed by atoms with E-state index in [0.29, 0.717) is 25.8 Å². The van der Waals surface area contributed by atoms with Crippen molar-refractivity contribution in [2.45, 2.75) is 31.9 Å². The van der Waals surface area contributed by atoms with Gasteiger partial charge in [-0.2, -0.15) is 0 Å². The highest BCUT2D eigenvalue weighted by molar-refractivity contribution is 5.77. The van der Waals surface area contributed by atoms with E-state index in [2.05, 4.69) is 0 Å². The monoisotopic (exact) mass is 285 g/mol. The van der Waals surface area contributed by atoms with Crippen LogP contribution in [0.1, 0.15) is 25.0 Å². The van der Waals surface area contributed by atoms with Crippen molar-refractivity contribution in [1.29, 1.82) is 0 Å². The summed E-state index contributed by atoms with van der Waals surface area (Å²) in [6.07, 6.45) is 1.95. The summed E-state index contributed by atoms with van der Waals surface area (Å²) in [6.45, 7) is 0.502. The van der Waals surface area contributed by atoms with E-state index in [-0.39, 0.29) is 5.91 Å². The van der Waals surface area contributed by atoms with Crippen LogP contribution in [0.3, 0.4) is 0 Å². The third-order valence-electron chi connectivity index (χ3n) is 3.85. The van der Waals surface area contributed by atoms with Gasteiger partial charge in [-0.3, -0.25) is 4.79 Å². The van der Waals surface area contributed by atoms with Gasteiger partial charge in [-0.15, -0.1) is 0 Å². The Hall–Kier alpha value is -2.07. The molecule has 0 saturated carbocycles. The molecule has 21 heavy (non-hydrogen) atoms. The highest BCUT2D eigenvalue weighted by Gasteiger charge is 2.25. The summed E-state index contributed by atoms with van der Waals surface area (Å²) in [5.41, 5.74) is 1.04. The normalized spacial score (nSPS) is 19.0. The summed E-state index contributed by atoms with van der Waals surface area (Å²) in [5, 5.41) is 9.88. The number of amides is 1. The molecule has 1 fully saturated rings. The molecule has 0 spiro atoms. The Bertz CT molecular complexity index is 606. The van der Waals surface area contributed by atoms with Crippen LogP contribution < -0.4 is 0 Å². The van der Waals surface area contributed by atoms with E-state index < -0.39 is 6.23 Å². The highest BCUT2D eigenvalue weighted by atomic mass is 16.3. The molecule has 2 aromatic rings. The second kappa shape index (κ2) is 6.14. The molecule has 1 atom stereocenters. The maximum Gasteiger partial charge on any atom is 0.224 e. The molecule has 3 rings (SSSR count). The number of benzene rings is 1. The molecule has 1 N–H and O–H groups in total. The SMILES string of the molecule is O=C1CCCC(O)N1CCc1ccc(-c2ccccc2)o1. The zero-order valence-electron chi connectivity index (χ0n) is 11.9. The quantitative estimate of drug-likeness (QED) is 0.939. The standard InChI is InChI=1S/C17H19NO3/c19-16-7-4-8-17(20)18(16)12-11-14-9-10-15(21-14)13-5-2-1-3-6-13/h1-3,5-6,9-10,16,19H,4,7-8,11-12H2. The molecule has 0 radical (unpaired) electrons. The van der Waals surface area contributed by atoms with Crippen LogP contribution in [0, 0.1) is 0 Å². The second-order valence-electron chi connectivity index (χ2n) is 5.34. The fourth-order valence-corrected chi connectivity index (χ4v) is 2.68. The van der Waals surface area contributed by atoms with Gasteiger partial charge in [0.15, 0.2) is 0 Å². The van der Waals surface area contributed by atoms with Crippen LogP contribution in [0.15, 0.2) is 46.9 Å². The predicted octanol–water partition coefficient (Wildman–Crippen LogP) is 2.82. The van der Waals surface area contributed by atoms with Gasteiger partial charge < -0.3 is 14.4 Å². The number of carbonyl (C=O) groups excluding carboxylic acids is 1. The minimum Gasteiger partial charge on any atom is -0.461 e. The molecule has 0 bridgehead atoms. The van der Waals surface area contributed by atoms with Crippen molar-refractivity contribution in [2.24, 2.45) is 0 Å². The van der Waals surface area contributed by atoms with E-state index in [0.717, 1.165) is 23.5 Å². The van der Waals surface area contributed by atoms with Crippen molar-refractivity contribution >= 4 is 5.91 Å². The molecule has 1 unspecified atom stereocenters. The van der Waals surface area contributed by atoms with E-state index in [1.165, 1.54) is 0 Å². The molecule has 1 aromatic carbocycles. The first kappa shape index (κ1) is 13.9. The smallest absolute Gasteiger partial charge is 0.224 e. The van der Waals surface area contributed by atoms with E-state index >= 15 is 0 Å². The first-order valence-corrected chi connectivity index (χ1v) is 7.36. The molecular weight excluding hydrogens is 266 g/mol. The fourth-order valence-electron chi connectivity index (χ4n) is 2.68. The zero-order chi connectivity index (χ0) is 14.7. The van der Waals surface area contributed by atoms with Crippen LogP contribution in [0.25, 0.3) is 11.3 Å². The topological polar surface area (TPSA) is 53.7 Å². The maximum atomic E-state index is 11.8. The molecule has 110 valence electrons. The number of likely N-dealkylation sites (tertiary alicyclic amines) is 1. The first-order valence-electron chi connectivity index (χ1n) is 7.36. The number of hydrogen-bond acceptors (Lipinski definition) is 3. The van der Waals surface area contributed by atoms with Crippen LogP contribution in [0.5, 0.6) is 0 Å². The Morgan fingerprint density at radius 1 is 1.19 bits per heavy atom. The van der Waals surface area contributed by atoms with E-state index in [1.807, 2.05) is 42.5 Å². The summed E-state index contributed by atoms with van der Waals surface area (Å²) < 4.78 is 5.81. The van der Waals surface area contributed by atoms with Gasteiger partial charge in [0.1, 0.15) is 17.7 Å². The third-order valence-corrected chi connectivity index (χ3v) is 3.85. The minimum absolute atomic E-state index is 0.0311. The summed E-state index contributed by atoms with van der Waals surface area (Å²) in [4.78, 5) is 13.3. The molecule has 0 aliphatic carbocycles. The molecule has 4 nitrogen and oxygen atoms in total. The van der Waals surface area contributed by atoms with Crippen molar-refractivity contribution in [2.75, 3.05) is 6.54 Å². The summed E-state index contributed by atoms with van der Waals surface area (Å²) in [5.74, 6) is 1.69. The number of nitrogens with zero attached hydrogens (tertiary/aromatic N) is 1. The Morgan fingerprint density at radius 3 is 2.76 bits per heavy atom. The summed E-state index contributed by atoms with van der Waals surface area (Å²) in [7, 11) is 0. The molecular formula is C17H19NO3. The number of aliphatic hydroxyl groups is 1. The molecule has 1 aliphatic rings. The largest absolute Gasteiger partial charge is 0.461 e. The van der Waals surface area contributed by atoms with Gasteiger partial charge >= 0.3 is 0 Å². The van der Waals surface area contributed by atoms with Gasteiger partial charge in [0, 0.05) is 24.9 Å². The summed E-state index contributed by atoms with van der Waals surface area (Å²) >= 11 is 0. The first-order chi connectivity index (χ1) is 10.2. The molecule has 4 heteroatoms. The number of furan rings is 1. The van der Waals surface area contributed by atoms with Crippen LogP contribution >= 0.6 is 0 Å². The van der Waals surface area contributed by atoms with Gasteiger partial charge in [-0.05, 0) is 25.0 Å². The Kier molecular flexibility index (Phi) is 4.06.